The quantitative estimate of drug-likeness (QED) is 0.601. The van der Waals surface area contributed by atoms with Crippen molar-refractivity contribution >= 4 is 5.91 Å². The molecule has 1 N–H and O–H groups in total. The third kappa shape index (κ3) is 2.43. The first-order chi connectivity index (χ1) is 6.86. The first-order valence-corrected chi connectivity index (χ1v) is 5.15. The molecule has 14 heavy (non-hydrogen) atoms. The maximum absolute atomic E-state index is 11.5. The lowest BCUT2D eigenvalue weighted by Gasteiger charge is -2.34. The van der Waals surface area contributed by atoms with E-state index in [1.807, 2.05) is 4.90 Å². The van der Waals surface area contributed by atoms with E-state index in [-0.39, 0.29) is 5.91 Å². The van der Waals surface area contributed by atoms with Crippen molar-refractivity contribution in [3.63, 3.8) is 0 Å². The van der Waals surface area contributed by atoms with Crippen molar-refractivity contribution in [3.8, 4) is 0 Å². The summed E-state index contributed by atoms with van der Waals surface area (Å²) in [5.41, 5.74) is 0. The lowest BCUT2D eigenvalue weighted by Crippen LogP contribution is -2.53. The van der Waals surface area contributed by atoms with Crippen molar-refractivity contribution in [2.75, 3.05) is 52.6 Å². The van der Waals surface area contributed by atoms with Gasteiger partial charge in [-0.05, 0) is 0 Å². The van der Waals surface area contributed by atoms with Gasteiger partial charge in [0.2, 0.25) is 5.91 Å². The summed E-state index contributed by atoms with van der Waals surface area (Å²) in [5, 5.41) is 3.07. The molecule has 2 heterocycles. The summed E-state index contributed by atoms with van der Waals surface area (Å²) in [4.78, 5) is 15.7. The van der Waals surface area contributed by atoms with Crippen LogP contribution in [0.15, 0.2) is 0 Å². The third-order valence-corrected chi connectivity index (χ3v) is 2.66. The minimum Gasteiger partial charge on any atom is -0.379 e. The molecule has 2 fully saturated rings. The summed E-state index contributed by atoms with van der Waals surface area (Å²) in [6.07, 6.45) is 0. The predicted octanol–water partition coefficient (Wildman–Crippen LogP) is -1.29. The molecule has 0 aromatic carbocycles. The van der Waals surface area contributed by atoms with Crippen molar-refractivity contribution in [2.24, 2.45) is 0 Å². The van der Waals surface area contributed by atoms with Crippen molar-refractivity contribution in [1.82, 2.24) is 15.1 Å². The SMILES string of the molecule is O=C1CNCCN1CN1CCOCC1. The van der Waals surface area contributed by atoms with Crippen molar-refractivity contribution in [1.29, 1.82) is 0 Å². The molecule has 0 spiro atoms. The lowest BCUT2D eigenvalue weighted by atomic mass is 10.3. The fourth-order valence-electron chi connectivity index (χ4n) is 1.78. The number of nitrogens with one attached hydrogen (secondary N) is 1. The monoisotopic (exact) mass is 199 g/mol. The Kier molecular flexibility index (Phi) is 3.34. The largest absolute Gasteiger partial charge is 0.379 e. The Morgan fingerprint density at radius 3 is 2.79 bits per heavy atom. The van der Waals surface area contributed by atoms with Gasteiger partial charge < -0.3 is 15.0 Å². The van der Waals surface area contributed by atoms with Crippen LogP contribution in [0.2, 0.25) is 0 Å². The van der Waals surface area contributed by atoms with Gasteiger partial charge in [0.25, 0.3) is 0 Å². The number of carbonyl (C=O) groups is 1. The summed E-state index contributed by atoms with van der Waals surface area (Å²) in [7, 11) is 0. The summed E-state index contributed by atoms with van der Waals surface area (Å²) >= 11 is 0. The highest BCUT2D eigenvalue weighted by atomic mass is 16.5. The first-order valence-electron chi connectivity index (χ1n) is 5.15. The van der Waals surface area contributed by atoms with E-state index in [1.54, 1.807) is 0 Å². The zero-order valence-corrected chi connectivity index (χ0v) is 8.37. The van der Waals surface area contributed by atoms with Crippen LogP contribution in [0.4, 0.5) is 0 Å². The molecule has 2 rings (SSSR count). The number of carbonyl (C=O) groups excluding carboxylic acids is 1. The standard InChI is InChI=1S/C9H17N3O2/c13-9-7-10-1-2-12(9)8-11-3-5-14-6-4-11/h10H,1-8H2. The van der Waals surface area contributed by atoms with E-state index in [9.17, 15) is 4.79 Å². The van der Waals surface area contributed by atoms with Gasteiger partial charge in [0.05, 0.1) is 26.4 Å². The second-order valence-corrected chi connectivity index (χ2v) is 3.71. The first kappa shape index (κ1) is 9.89. The molecule has 80 valence electrons. The van der Waals surface area contributed by atoms with Gasteiger partial charge >= 0.3 is 0 Å². The summed E-state index contributed by atoms with van der Waals surface area (Å²) in [6, 6.07) is 0. The maximum Gasteiger partial charge on any atom is 0.237 e. The number of hydrogen-bond acceptors (Lipinski definition) is 4. The van der Waals surface area contributed by atoms with E-state index in [1.165, 1.54) is 0 Å². The average molecular weight is 199 g/mol. The highest BCUT2D eigenvalue weighted by Gasteiger charge is 2.20. The smallest absolute Gasteiger partial charge is 0.237 e. The zero-order chi connectivity index (χ0) is 9.80. The molecular weight excluding hydrogens is 182 g/mol. The van der Waals surface area contributed by atoms with Gasteiger partial charge in [-0.3, -0.25) is 9.69 Å². The molecule has 0 aromatic rings. The Balaban J connectivity index is 1.79. The molecule has 0 radical (unpaired) electrons. The van der Waals surface area contributed by atoms with Crippen LogP contribution in [0.25, 0.3) is 0 Å². The Bertz CT molecular complexity index is 204. The number of amides is 1. The summed E-state index contributed by atoms with van der Waals surface area (Å²) in [5.74, 6) is 0.211. The molecule has 0 aliphatic carbocycles. The Morgan fingerprint density at radius 1 is 1.29 bits per heavy atom. The number of piperazine rings is 1. The highest BCUT2D eigenvalue weighted by Crippen LogP contribution is 2.01. The van der Waals surface area contributed by atoms with Crippen molar-refractivity contribution in [3.05, 3.63) is 0 Å². The molecule has 1 amide bonds. The predicted molar refractivity (Wildman–Crippen MR) is 51.8 cm³/mol. The molecule has 0 unspecified atom stereocenters. The van der Waals surface area contributed by atoms with E-state index in [2.05, 4.69) is 10.2 Å². The fraction of sp³-hybridized carbons (Fsp3) is 0.889. The Hall–Kier alpha value is -0.650. The van der Waals surface area contributed by atoms with Crippen molar-refractivity contribution in [2.45, 2.75) is 0 Å². The van der Waals surface area contributed by atoms with E-state index in [0.717, 1.165) is 46.1 Å². The second kappa shape index (κ2) is 4.72. The van der Waals surface area contributed by atoms with Gasteiger partial charge in [-0.1, -0.05) is 0 Å². The topological polar surface area (TPSA) is 44.8 Å². The van der Waals surface area contributed by atoms with Gasteiger partial charge in [0, 0.05) is 26.2 Å². The zero-order valence-electron chi connectivity index (χ0n) is 8.37. The average Bonchev–Trinajstić information content (AvgIpc) is 2.23. The molecule has 0 bridgehead atoms. The third-order valence-electron chi connectivity index (χ3n) is 2.66. The van der Waals surface area contributed by atoms with Gasteiger partial charge in [-0.2, -0.15) is 0 Å². The van der Waals surface area contributed by atoms with Crippen LogP contribution in [0.1, 0.15) is 0 Å². The molecule has 0 saturated carbocycles. The van der Waals surface area contributed by atoms with E-state index >= 15 is 0 Å². The van der Waals surface area contributed by atoms with E-state index in [4.69, 9.17) is 4.74 Å². The number of ether oxygens (including phenoxy) is 1. The summed E-state index contributed by atoms with van der Waals surface area (Å²) in [6.45, 7) is 6.47. The molecular formula is C9H17N3O2. The summed E-state index contributed by atoms with van der Waals surface area (Å²) < 4.78 is 5.26. The van der Waals surface area contributed by atoms with Crippen LogP contribution in [0, 0.1) is 0 Å². The van der Waals surface area contributed by atoms with Gasteiger partial charge in [-0.15, -0.1) is 0 Å². The Labute approximate surface area is 84.0 Å². The molecule has 2 aliphatic rings. The lowest BCUT2D eigenvalue weighted by molar-refractivity contribution is -0.135. The number of rotatable bonds is 2. The van der Waals surface area contributed by atoms with Crippen LogP contribution in [-0.4, -0.2) is 68.3 Å². The van der Waals surface area contributed by atoms with Gasteiger partial charge in [0.1, 0.15) is 0 Å². The number of nitrogens with zero attached hydrogens (tertiary/aromatic N) is 2. The van der Waals surface area contributed by atoms with E-state index < -0.39 is 0 Å². The van der Waals surface area contributed by atoms with Crippen LogP contribution in [-0.2, 0) is 9.53 Å². The van der Waals surface area contributed by atoms with E-state index in [0.29, 0.717) is 6.54 Å². The molecule has 5 heteroatoms. The van der Waals surface area contributed by atoms with Crippen LogP contribution < -0.4 is 5.32 Å². The molecule has 2 saturated heterocycles. The minimum absolute atomic E-state index is 0.211. The normalized spacial score (nSPS) is 25.4. The molecule has 0 atom stereocenters. The fourth-order valence-corrected chi connectivity index (χ4v) is 1.78. The maximum atomic E-state index is 11.5. The van der Waals surface area contributed by atoms with Gasteiger partial charge in [-0.25, -0.2) is 0 Å². The van der Waals surface area contributed by atoms with Crippen LogP contribution in [0.3, 0.4) is 0 Å². The Morgan fingerprint density at radius 2 is 2.07 bits per heavy atom. The molecule has 0 aromatic heterocycles. The number of morpholine rings is 1. The highest BCUT2D eigenvalue weighted by molar-refractivity contribution is 5.78. The second-order valence-electron chi connectivity index (χ2n) is 3.71. The number of hydrogen-bond donors (Lipinski definition) is 1. The molecule has 2 aliphatic heterocycles. The van der Waals surface area contributed by atoms with Crippen molar-refractivity contribution < 1.29 is 9.53 Å². The van der Waals surface area contributed by atoms with Gasteiger partial charge in [0.15, 0.2) is 0 Å². The van der Waals surface area contributed by atoms with Crippen LogP contribution in [0.5, 0.6) is 0 Å². The minimum atomic E-state index is 0.211. The van der Waals surface area contributed by atoms with Crippen LogP contribution >= 0.6 is 0 Å². The molecule has 5 nitrogen and oxygen atoms in total.